The van der Waals surface area contributed by atoms with E-state index in [0.717, 1.165) is 24.2 Å². The number of fused-ring (bicyclic) bond motifs is 1. The number of piperidine rings is 1. The van der Waals surface area contributed by atoms with E-state index < -0.39 is 5.91 Å². The van der Waals surface area contributed by atoms with Crippen molar-refractivity contribution in [2.45, 2.75) is 18.2 Å². The maximum Gasteiger partial charge on any atom is 0.250 e. The first kappa shape index (κ1) is 15.9. The van der Waals surface area contributed by atoms with Crippen LogP contribution in [0.5, 0.6) is 0 Å². The summed E-state index contributed by atoms with van der Waals surface area (Å²) in [6, 6.07) is 14.0. The number of primary amides is 1. The van der Waals surface area contributed by atoms with Crippen LogP contribution in [0.25, 0.3) is 16.6 Å². The molecule has 0 saturated carbocycles. The highest BCUT2D eigenvalue weighted by molar-refractivity contribution is 6.16. The van der Waals surface area contributed by atoms with Crippen molar-refractivity contribution in [2.75, 3.05) is 13.1 Å². The van der Waals surface area contributed by atoms with Crippen LogP contribution in [0.3, 0.4) is 0 Å². The average molecular weight is 332 g/mol. The van der Waals surface area contributed by atoms with Gasteiger partial charge in [0.1, 0.15) is 13.4 Å². The van der Waals surface area contributed by atoms with E-state index in [0.29, 0.717) is 11.1 Å². The molecule has 1 aliphatic rings. The lowest BCUT2D eigenvalue weighted by Crippen LogP contribution is -2.43. The minimum absolute atomic E-state index is 0.185. The lowest BCUT2D eigenvalue weighted by atomic mass is 9.60. The van der Waals surface area contributed by atoms with Crippen LogP contribution in [-0.2, 0) is 5.31 Å². The Morgan fingerprint density at radius 3 is 2.72 bits per heavy atom. The molecule has 0 spiro atoms. The molecule has 0 radical (unpaired) electrons. The normalized spacial score (nSPS) is 20.6. The molecule has 1 amide bonds. The Kier molecular flexibility index (Phi) is 3.84. The standard InChI is InChI=1S/C19H21BN4O/c20-19(9-2-10-22-12-19)14-5-7-15(8-6-14)24-11-13-3-1-4-16(18(21)25)17(13)23-24/h1,3-8,11,22H,2,9-10,12,20H2,(H2,21,25)/t19-/m1/s1. The summed E-state index contributed by atoms with van der Waals surface area (Å²) in [6.45, 7) is 2.12. The van der Waals surface area contributed by atoms with E-state index in [9.17, 15) is 4.79 Å². The number of nitrogens with zero attached hydrogens (tertiary/aromatic N) is 2. The fourth-order valence-electron chi connectivity index (χ4n) is 3.70. The number of amides is 1. The summed E-state index contributed by atoms with van der Waals surface area (Å²) in [4.78, 5) is 11.6. The molecule has 25 heavy (non-hydrogen) atoms. The van der Waals surface area contributed by atoms with E-state index in [2.05, 4.69) is 42.5 Å². The number of nitrogens with one attached hydrogen (secondary N) is 1. The number of hydrogen-bond donors (Lipinski definition) is 2. The summed E-state index contributed by atoms with van der Waals surface area (Å²) in [5.41, 5.74) is 8.86. The molecule has 1 saturated heterocycles. The van der Waals surface area contributed by atoms with E-state index in [4.69, 9.17) is 5.73 Å². The zero-order valence-electron chi connectivity index (χ0n) is 14.3. The van der Waals surface area contributed by atoms with Gasteiger partial charge in [0.15, 0.2) is 0 Å². The summed E-state index contributed by atoms with van der Waals surface area (Å²) < 4.78 is 1.81. The highest BCUT2D eigenvalue weighted by atomic mass is 16.1. The van der Waals surface area contributed by atoms with Gasteiger partial charge in [-0.15, -0.1) is 0 Å². The molecule has 4 rings (SSSR count). The zero-order valence-corrected chi connectivity index (χ0v) is 14.3. The first-order valence-electron chi connectivity index (χ1n) is 8.67. The molecule has 6 heteroatoms. The Bertz CT molecular complexity index is 926. The van der Waals surface area contributed by atoms with Gasteiger partial charge in [-0.25, -0.2) is 4.68 Å². The van der Waals surface area contributed by atoms with Gasteiger partial charge < -0.3 is 11.1 Å². The fraction of sp³-hybridized carbons (Fsp3) is 0.263. The molecule has 0 unspecified atom stereocenters. The SMILES string of the molecule is B[C@]1(c2ccc(-n3cc4cccc(C(N)=O)c4n3)cc2)CCCNC1. The second-order valence-electron chi connectivity index (χ2n) is 7.07. The highest BCUT2D eigenvalue weighted by Crippen LogP contribution is 2.28. The number of carbonyl (C=O) groups is 1. The van der Waals surface area contributed by atoms with Crippen LogP contribution in [0.2, 0.25) is 0 Å². The van der Waals surface area contributed by atoms with Gasteiger partial charge in [-0.1, -0.05) is 24.3 Å². The van der Waals surface area contributed by atoms with Gasteiger partial charge in [0, 0.05) is 11.6 Å². The topological polar surface area (TPSA) is 72.9 Å². The van der Waals surface area contributed by atoms with Gasteiger partial charge >= 0.3 is 0 Å². The predicted octanol–water partition coefficient (Wildman–Crippen LogP) is 1.34. The van der Waals surface area contributed by atoms with Crippen molar-refractivity contribution in [3.05, 3.63) is 59.8 Å². The molecule has 2 heterocycles. The molecular formula is C19H21BN4O. The van der Waals surface area contributed by atoms with Gasteiger partial charge in [-0.2, -0.15) is 5.10 Å². The smallest absolute Gasteiger partial charge is 0.250 e. The van der Waals surface area contributed by atoms with Crippen molar-refractivity contribution >= 4 is 24.7 Å². The molecule has 5 nitrogen and oxygen atoms in total. The van der Waals surface area contributed by atoms with Crippen molar-refractivity contribution < 1.29 is 4.79 Å². The molecule has 0 aliphatic carbocycles. The maximum absolute atomic E-state index is 11.6. The summed E-state index contributed by atoms with van der Waals surface area (Å²) in [6.07, 6.45) is 4.34. The third kappa shape index (κ3) is 2.83. The Morgan fingerprint density at radius 2 is 2.04 bits per heavy atom. The van der Waals surface area contributed by atoms with Crippen molar-refractivity contribution in [3.63, 3.8) is 0 Å². The average Bonchev–Trinajstić information content (AvgIpc) is 3.06. The van der Waals surface area contributed by atoms with Gasteiger partial charge in [-0.3, -0.25) is 4.79 Å². The monoisotopic (exact) mass is 332 g/mol. The Morgan fingerprint density at radius 1 is 1.24 bits per heavy atom. The van der Waals surface area contributed by atoms with Crippen LogP contribution in [0.15, 0.2) is 48.7 Å². The van der Waals surface area contributed by atoms with Crippen LogP contribution in [-0.4, -0.2) is 36.6 Å². The maximum atomic E-state index is 11.6. The molecule has 3 N–H and O–H groups in total. The van der Waals surface area contributed by atoms with Gasteiger partial charge in [0.2, 0.25) is 0 Å². The third-order valence-electron chi connectivity index (χ3n) is 5.23. The fourth-order valence-corrected chi connectivity index (χ4v) is 3.70. The van der Waals surface area contributed by atoms with Crippen LogP contribution < -0.4 is 11.1 Å². The van der Waals surface area contributed by atoms with E-state index in [1.54, 1.807) is 6.07 Å². The number of rotatable bonds is 3. The van der Waals surface area contributed by atoms with Gasteiger partial charge in [-0.05, 0) is 55.0 Å². The van der Waals surface area contributed by atoms with Crippen LogP contribution >= 0.6 is 0 Å². The molecule has 2 aromatic carbocycles. The van der Waals surface area contributed by atoms with Crippen molar-refractivity contribution in [1.29, 1.82) is 0 Å². The van der Waals surface area contributed by atoms with Crippen molar-refractivity contribution in [1.82, 2.24) is 15.1 Å². The highest BCUT2D eigenvalue weighted by Gasteiger charge is 2.28. The van der Waals surface area contributed by atoms with Crippen molar-refractivity contribution in [3.8, 4) is 5.69 Å². The lowest BCUT2D eigenvalue weighted by Gasteiger charge is -2.35. The minimum Gasteiger partial charge on any atom is -0.366 e. The second-order valence-corrected chi connectivity index (χ2v) is 7.07. The number of nitrogens with two attached hydrogens (primary N) is 1. The third-order valence-corrected chi connectivity index (χ3v) is 5.23. The van der Waals surface area contributed by atoms with Crippen molar-refractivity contribution in [2.24, 2.45) is 5.73 Å². The van der Waals surface area contributed by atoms with E-state index in [1.165, 1.54) is 18.4 Å². The van der Waals surface area contributed by atoms with E-state index in [1.807, 2.05) is 23.0 Å². The largest absolute Gasteiger partial charge is 0.366 e. The number of hydrogen-bond acceptors (Lipinski definition) is 3. The van der Waals surface area contributed by atoms with Crippen LogP contribution in [0.1, 0.15) is 28.8 Å². The summed E-state index contributed by atoms with van der Waals surface area (Å²) in [5, 5.41) is 9.15. The first-order valence-corrected chi connectivity index (χ1v) is 8.67. The molecule has 126 valence electrons. The summed E-state index contributed by atoms with van der Waals surface area (Å²) in [5.74, 6) is -0.455. The molecule has 1 aliphatic heterocycles. The van der Waals surface area contributed by atoms with Gasteiger partial charge in [0.25, 0.3) is 5.91 Å². The lowest BCUT2D eigenvalue weighted by molar-refractivity contribution is 0.100. The van der Waals surface area contributed by atoms with Crippen LogP contribution in [0.4, 0.5) is 0 Å². The number of benzene rings is 2. The Labute approximate surface area is 147 Å². The molecule has 1 fully saturated rings. The Balaban J connectivity index is 1.69. The second kappa shape index (κ2) is 6.04. The predicted molar refractivity (Wildman–Crippen MR) is 102 cm³/mol. The zero-order chi connectivity index (χ0) is 17.4. The van der Waals surface area contributed by atoms with Gasteiger partial charge in [0.05, 0.1) is 11.3 Å². The van der Waals surface area contributed by atoms with Crippen LogP contribution in [0, 0.1) is 0 Å². The molecule has 1 atom stereocenters. The molecule has 0 bridgehead atoms. The Hall–Kier alpha value is -2.60. The van der Waals surface area contributed by atoms with E-state index in [-0.39, 0.29) is 5.31 Å². The first-order chi connectivity index (χ1) is 12.1. The quantitative estimate of drug-likeness (QED) is 0.711. The minimum atomic E-state index is -0.455. The number of aromatic nitrogens is 2. The summed E-state index contributed by atoms with van der Waals surface area (Å²) >= 11 is 0. The molecular weight excluding hydrogens is 311 g/mol. The molecule has 3 aromatic rings. The van der Waals surface area contributed by atoms with E-state index >= 15 is 0 Å². The number of carbonyl (C=O) groups excluding carboxylic acids is 1. The molecule has 1 aromatic heterocycles. The summed E-state index contributed by atoms with van der Waals surface area (Å²) in [7, 11) is 2.31.